The van der Waals surface area contributed by atoms with E-state index < -0.39 is 0 Å². The molecule has 19 rings (SSSR count). The molecule has 4 fully saturated rings. The van der Waals surface area contributed by atoms with Gasteiger partial charge >= 0.3 is 0 Å². The van der Waals surface area contributed by atoms with Gasteiger partial charge in [-0.25, -0.2) is 0 Å². The number of rotatable bonds is 10. The van der Waals surface area contributed by atoms with E-state index in [2.05, 4.69) is 249 Å². The van der Waals surface area contributed by atoms with Crippen LogP contribution < -0.4 is 0 Å². The van der Waals surface area contributed by atoms with Crippen LogP contribution >= 0.6 is 0 Å². The van der Waals surface area contributed by atoms with E-state index in [-0.39, 0.29) is 0 Å². The van der Waals surface area contributed by atoms with Crippen molar-refractivity contribution in [2.45, 2.75) is 75.0 Å². The molecular formula is C78H58N4. The van der Waals surface area contributed by atoms with Gasteiger partial charge in [-0.2, -0.15) is 0 Å². The third kappa shape index (κ3) is 7.03. The average Bonchev–Trinajstić information content (AvgIpc) is 3.31. The number of para-hydroxylation sites is 2. The minimum atomic E-state index is 0.653. The SMILES string of the molecule is c1ccc(-n2c3ccc(-c4ccc5c(c4)c4cc(C6CC6)ccc4n5-c4cccc(-n5c6ccc(-c7ccc8c(c7)c7cc(C9CC9)ccc7n8-c7ccccc7)cc6c6cc(C7CC7)ccc65)c4)cc3c3cc(C4CC4)ccc32)cc1. The van der Waals surface area contributed by atoms with Crippen LogP contribution in [0, 0.1) is 0 Å². The summed E-state index contributed by atoms with van der Waals surface area (Å²) >= 11 is 0. The van der Waals surface area contributed by atoms with Crippen LogP contribution in [0.2, 0.25) is 0 Å². The Morgan fingerprint density at radius 3 is 0.695 bits per heavy atom. The smallest absolute Gasteiger partial charge is 0.0541 e. The van der Waals surface area contributed by atoms with Crippen LogP contribution in [0.4, 0.5) is 0 Å². The lowest BCUT2D eigenvalue weighted by molar-refractivity contribution is 1.12. The van der Waals surface area contributed by atoms with Crippen molar-refractivity contribution in [3.05, 3.63) is 253 Å². The summed E-state index contributed by atoms with van der Waals surface area (Å²) < 4.78 is 9.96. The van der Waals surface area contributed by atoms with Crippen LogP contribution in [-0.2, 0) is 0 Å². The summed E-state index contributed by atoms with van der Waals surface area (Å²) in [4.78, 5) is 0. The fourth-order valence-corrected chi connectivity index (χ4v) is 14.6. The molecule has 4 nitrogen and oxygen atoms in total. The fraction of sp³-hybridized carbons (Fsp3) is 0.154. The highest BCUT2D eigenvalue weighted by Gasteiger charge is 2.29. The predicted molar refractivity (Wildman–Crippen MR) is 343 cm³/mol. The number of hydrogen-bond donors (Lipinski definition) is 0. The highest BCUT2D eigenvalue weighted by Crippen LogP contribution is 2.48. The van der Waals surface area contributed by atoms with E-state index in [9.17, 15) is 0 Å². The Bertz CT molecular complexity index is 4860. The van der Waals surface area contributed by atoms with Gasteiger partial charge in [0.15, 0.2) is 0 Å². The summed E-state index contributed by atoms with van der Waals surface area (Å²) in [7, 11) is 0. The van der Waals surface area contributed by atoms with Crippen molar-refractivity contribution >= 4 is 87.2 Å². The molecule has 4 aliphatic carbocycles. The second kappa shape index (κ2) is 17.1. The first-order valence-electron chi connectivity index (χ1n) is 30.2. The fourth-order valence-electron chi connectivity index (χ4n) is 14.6. The third-order valence-electron chi connectivity index (χ3n) is 19.4. The molecule has 0 unspecified atom stereocenters. The van der Waals surface area contributed by atoms with Crippen molar-refractivity contribution in [1.82, 2.24) is 18.3 Å². The Morgan fingerprint density at radius 1 is 0.195 bits per heavy atom. The van der Waals surface area contributed by atoms with Gasteiger partial charge < -0.3 is 18.3 Å². The average molecular weight is 1050 g/mol. The van der Waals surface area contributed by atoms with Gasteiger partial charge in [0.25, 0.3) is 0 Å². The van der Waals surface area contributed by atoms with Gasteiger partial charge in [-0.1, -0.05) is 91.0 Å². The molecule has 0 radical (unpaired) electrons. The van der Waals surface area contributed by atoms with Gasteiger partial charge in [0.05, 0.1) is 44.1 Å². The lowest BCUT2D eigenvalue weighted by atomic mass is 9.99. The largest absolute Gasteiger partial charge is 0.309 e. The van der Waals surface area contributed by atoms with E-state index in [1.165, 1.54) is 206 Å². The number of fused-ring (bicyclic) bond motifs is 12. The Hall–Kier alpha value is -9.38. The monoisotopic (exact) mass is 1050 g/mol. The molecule has 0 aliphatic heterocycles. The molecule has 0 atom stereocenters. The van der Waals surface area contributed by atoms with E-state index in [0.717, 1.165) is 0 Å². The quantitative estimate of drug-likeness (QED) is 0.130. The summed E-state index contributed by atoms with van der Waals surface area (Å²) in [6, 6.07) is 89.0. The number of benzene rings is 11. The van der Waals surface area contributed by atoms with Crippen molar-refractivity contribution < 1.29 is 0 Å². The van der Waals surface area contributed by atoms with Gasteiger partial charge in [-0.15, -0.1) is 0 Å². The van der Waals surface area contributed by atoms with E-state index >= 15 is 0 Å². The predicted octanol–water partition coefficient (Wildman–Crippen LogP) is 20.9. The number of nitrogens with zero attached hydrogens (tertiary/aromatic N) is 4. The molecule has 390 valence electrons. The molecule has 4 heteroatoms. The molecular weight excluding hydrogens is 993 g/mol. The second-order valence-corrected chi connectivity index (χ2v) is 24.7. The van der Waals surface area contributed by atoms with Crippen molar-refractivity contribution in [1.29, 1.82) is 0 Å². The first kappa shape index (κ1) is 45.4. The molecule has 0 bridgehead atoms. The summed E-state index contributed by atoms with van der Waals surface area (Å²) in [6.07, 6.45) is 10.3. The zero-order chi connectivity index (χ0) is 53.3. The maximum atomic E-state index is 2.53. The summed E-state index contributed by atoms with van der Waals surface area (Å²) in [6.45, 7) is 0. The third-order valence-corrected chi connectivity index (χ3v) is 19.4. The van der Waals surface area contributed by atoms with Crippen molar-refractivity contribution in [2.75, 3.05) is 0 Å². The molecule has 15 aromatic rings. The van der Waals surface area contributed by atoms with Gasteiger partial charge in [0.1, 0.15) is 0 Å². The zero-order valence-corrected chi connectivity index (χ0v) is 45.7. The van der Waals surface area contributed by atoms with Crippen LogP contribution in [0.1, 0.15) is 97.3 Å². The molecule has 0 spiro atoms. The molecule has 0 N–H and O–H groups in total. The zero-order valence-electron chi connectivity index (χ0n) is 45.7. The van der Waals surface area contributed by atoms with Crippen LogP contribution in [0.15, 0.2) is 231 Å². The Morgan fingerprint density at radius 2 is 0.427 bits per heavy atom. The molecule has 4 heterocycles. The summed E-state index contributed by atoms with van der Waals surface area (Å²) in [5, 5.41) is 10.5. The molecule has 4 saturated carbocycles. The maximum Gasteiger partial charge on any atom is 0.0541 e. The highest BCUT2D eigenvalue weighted by molar-refractivity contribution is 6.15. The van der Waals surface area contributed by atoms with Gasteiger partial charge in [0.2, 0.25) is 0 Å². The topological polar surface area (TPSA) is 19.7 Å². The van der Waals surface area contributed by atoms with Crippen molar-refractivity contribution in [3.8, 4) is 45.0 Å². The minimum Gasteiger partial charge on any atom is -0.309 e. The first-order valence-corrected chi connectivity index (χ1v) is 30.2. The van der Waals surface area contributed by atoms with Gasteiger partial charge in [-0.05, 0) is 259 Å². The van der Waals surface area contributed by atoms with E-state index in [0.29, 0.717) is 23.7 Å². The second-order valence-electron chi connectivity index (χ2n) is 24.7. The molecule has 82 heavy (non-hydrogen) atoms. The molecule has 0 saturated heterocycles. The minimum absolute atomic E-state index is 0.653. The number of aromatic nitrogens is 4. The van der Waals surface area contributed by atoms with Crippen molar-refractivity contribution in [2.24, 2.45) is 0 Å². The molecule has 4 aromatic heterocycles. The van der Waals surface area contributed by atoms with Gasteiger partial charge in [-0.3, -0.25) is 0 Å². The lowest BCUT2D eigenvalue weighted by Crippen LogP contribution is -1.98. The molecule has 4 aliphatic rings. The standard InChI is InChI=1S/C78H58N4/c1-3-8-59(9-4-1)79-71-30-22-51(47-14-15-47)38-63(71)67-42-55(26-34-73(67)79)57-28-36-77-69(44-57)65-40-53(49-18-19-49)24-32-75(65)81(77)61-12-7-13-62(46-61)82-76-33-25-54(50-20-21-50)41-66(76)70-45-58(29-37-78(70)82)56-27-35-74-68(43-56)64-39-52(48-16-17-48)23-31-72(64)80(74)60-10-5-2-6-11-60/h1-13,22-50H,14-21H2. The van der Waals surface area contributed by atoms with E-state index in [1.807, 2.05) is 0 Å². The normalized spacial score (nSPS) is 15.7. The summed E-state index contributed by atoms with van der Waals surface area (Å²) in [5.74, 6) is 2.68. The van der Waals surface area contributed by atoms with Crippen LogP contribution in [-0.4, -0.2) is 18.3 Å². The van der Waals surface area contributed by atoms with Crippen LogP contribution in [0.3, 0.4) is 0 Å². The van der Waals surface area contributed by atoms with Gasteiger partial charge in [0, 0.05) is 65.8 Å². The van der Waals surface area contributed by atoms with Crippen molar-refractivity contribution in [3.63, 3.8) is 0 Å². The highest BCUT2D eigenvalue weighted by atomic mass is 15.0. The van der Waals surface area contributed by atoms with E-state index in [4.69, 9.17) is 0 Å². The Kier molecular flexibility index (Phi) is 9.45. The maximum absolute atomic E-state index is 2.53. The first-order chi connectivity index (χ1) is 40.6. The molecule has 11 aromatic carbocycles. The van der Waals surface area contributed by atoms with E-state index in [1.54, 1.807) is 0 Å². The van der Waals surface area contributed by atoms with Crippen LogP contribution in [0.25, 0.3) is 132 Å². The van der Waals surface area contributed by atoms with Crippen LogP contribution in [0.5, 0.6) is 0 Å². The lowest BCUT2D eigenvalue weighted by Gasteiger charge is -2.13. The Labute approximate surface area is 475 Å². The number of hydrogen-bond acceptors (Lipinski definition) is 0. The Balaban J connectivity index is 0.754. The molecule has 0 amide bonds. The summed E-state index contributed by atoms with van der Waals surface area (Å²) in [5.41, 5.74) is 25.6.